The van der Waals surface area contributed by atoms with Crippen LogP contribution >= 0.6 is 0 Å². The molecule has 0 aromatic carbocycles. The second-order valence-electron chi connectivity index (χ2n) is 5.75. The molecular weight excluding hydrogens is 256 g/mol. The molecule has 0 fully saturated rings. The highest BCUT2D eigenvalue weighted by molar-refractivity contribution is 5.97. The number of aliphatic imine (C=N–C) groups is 2. The first kappa shape index (κ1) is 15.0. The molecule has 1 spiro atoms. The molecule has 2 aliphatic rings. The van der Waals surface area contributed by atoms with Crippen molar-refractivity contribution in [2.24, 2.45) is 15.9 Å². The number of allylic oxidation sites excluding steroid dienone is 1. The van der Waals surface area contributed by atoms with E-state index in [2.05, 4.69) is 13.8 Å². The first-order valence-corrected chi connectivity index (χ1v) is 7.13. The van der Waals surface area contributed by atoms with E-state index in [1.807, 2.05) is 12.2 Å². The summed E-state index contributed by atoms with van der Waals surface area (Å²) < 4.78 is 11.0. The van der Waals surface area contributed by atoms with E-state index in [0.29, 0.717) is 18.2 Å². The predicted molar refractivity (Wildman–Crippen MR) is 79.2 cm³/mol. The first-order chi connectivity index (χ1) is 9.52. The van der Waals surface area contributed by atoms with Crippen LogP contribution in [0.2, 0.25) is 0 Å². The van der Waals surface area contributed by atoms with Crippen LogP contribution in [0.25, 0.3) is 0 Å². The lowest BCUT2D eigenvalue weighted by Crippen LogP contribution is -2.47. The molecule has 0 aromatic rings. The third-order valence-corrected chi connectivity index (χ3v) is 3.90. The molecule has 0 radical (unpaired) electrons. The van der Waals surface area contributed by atoms with Crippen LogP contribution in [0.5, 0.6) is 0 Å². The average molecular weight is 280 g/mol. The molecule has 3 atom stereocenters. The maximum Gasteiger partial charge on any atom is 0.212 e. The van der Waals surface area contributed by atoms with E-state index in [1.54, 1.807) is 14.2 Å². The first-order valence-electron chi connectivity index (χ1n) is 7.13. The van der Waals surface area contributed by atoms with Crippen molar-refractivity contribution in [1.82, 2.24) is 0 Å². The van der Waals surface area contributed by atoms with E-state index in [1.165, 1.54) is 0 Å². The summed E-state index contributed by atoms with van der Waals surface area (Å²) in [6, 6.07) is -0.117. The van der Waals surface area contributed by atoms with Crippen molar-refractivity contribution < 1.29 is 14.6 Å². The van der Waals surface area contributed by atoms with E-state index in [4.69, 9.17) is 19.5 Å². The molecule has 1 aliphatic heterocycles. The summed E-state index contributed by atoms with van der Waals surface area (Å²) in [5.74, 6) is 1.53. The monoisotopic (exact) mass is 280 g/mol. The lowest BCUT2D eigenvalue weighted by atomic mass is 9.87. The zero-order valence-electron chi connectivity index (χ0n) is 12.7. The Bertz CT molecular complexity index is 442. The van der Waals surface area contributed by atoms with Crippen molar-refractivity contribution in [2.45, 2.75) is 50.8 Å². The molecule has 112 valence electrons. The Morgan fingerprint density at radius 3 is 2.70 bits per heavy atom. The van der Waals surface area contributed by atoms with Gasteiger partial charge in [-0.05, 0) is 18.8 Å². The molecule has 0 amide bonds. The van der Waals surface area contributed by atoms with Gasteiger partial charge in [-0.2, -0.15) is 0 Å². The Morgan fingerprint density at radius 2 is 2.10 bits per heavy atom. The molecule has 1 aliphatic carbocycles. The lowest BCUT2D eigenvalue weighted by molar-refractivity contribution is 0.179. The molecule has 5 heteroatoms. The topological polar surface area (TPSA) is 63.4 Å². The maximum atomic E-state index is 10.0. The summed E-state index contributed by atoms with van der Waals surface area (Å²) in [5, 5.41) is 10.0. The molecule has 5 nitrogen and oxygen atoms in total. The SMILES string of the molecule is COC1=N[C@]2(CCC=C[C@@H](O)C2)C(OC)=N[C@@H]1C(C)C. The summed E-state index contributed by atoms with van der Waals surface area (Å²) in [7, 11) is 3.25. The van der Waals surface area contributed by atoms with Gasteiger partial charge in [-0.15, -0.1) is 0 Å². The number of aliphatic hydroxyl groups is 1. The van der Waals surface area contributed by atoms with Gasteiger partial charge in [0.05, 0.1) is 20.3 Å². The van der Waals surface area contributed by atoms with Crippen molar-refractivity contribution in [3.8, 4) is 0 Å². The van der Waals surface area contributed by atoms with Crippen LogP contribution in [-0.2, 0) is 9.47 Å². The van der Waals surface area contributed by atoms with Gasteiger partial charge in [0.2, 0.25) is 11.8 Å². The Balaban J connectivity index is 2.41. The highest BCUT2D eigenvalue weighted by atomic mass is 16.5. The Morgan fingerprint density at radius 1 is 1.35 bits per heavy atom. The van der Waals surface area contributed by atoms with Crippen molar-refractivity contribution >= 4 is 11.8 Å². The molecule has 0 saturated carbocycles. The van der Waals surface area contributed by atoms with Crippen LogP contribution in [0.15, 0.2) is 22.1 Å². The highest BCUT2D eigenvalue weighted by Crippen LogP contribution is 2.34. The predicted octanol–water partition coefficient (Wildman–Crippen LogP) is 1.95. The lowest BCUT2D eigenvalue weighted by Gasteiger charge is -2.36. The molecule has 1 N–H and O–H groups in total. The Hall–Kier alpha value is -1.36. The van der Waals surface area contributed by atoms with Gasteiger partial charge in [-0.3, -0.25) is 0 Å². The van der Waals surface area contributed by atoms with Crippen molar-refractivity contribution in [3.63, 3.8) is 0 Å². The minimum absolute atomic E-state index is 0.117. The fourth-order valence-electron chi connectivity index (χ4n) is 2.86. The summed E-state index contributed by atoms with van der Waals surface area (Å²) in [6.45, 7) is 4.16. The molecule has 2 rings (SSSR count). The van der Waals surface area contributed by atoms with Gasteiger partial charge in [0.15, 0.2) is 0 Å². The molecule has 0 saturated heterocycles. The largest absolute Gasteiger partial charge is 0.483 e. The minimum Gasteiger partial charge on any atom is -0.483 e. The van der Waals surface area contributed by atoms with E-state index >= 15 is 0 Å². The van der Waals surface area contributed by atoms with Gasteiger partial charge in [-0.25, -0.2) is 9.98 Å². The van der Waals surface area contributed by atoms with E-state index in [-0.39, 0.29) is 12.0 Å². The molecule has 1 heterocycles. The van der Waals surface area contributed by atoms with Gasteiger partial charge in [0.1, 0.15) is 11.6 Å². The summed E-state index contributed by atoms with van der Waals surface area (Å²) >= 11 is 0. The third-order valence-electron chi connectivity index (χ3n) is 3.90. The molecule has 0 unspecified atom stereocenters. The molecule has 0 aromatic heterocycles. The summed E-state index contributed by atoms with van der Waals surface area (Å²) in [4.78, 5) is 9.50. The number of nitrogens with zero attached hydrogens (tertiary/aromatic N) is 2. The maximum absolute atomic E-state index is 10.0. The van der Waals surface area contributed by atoms with Crippen LogP contribution in [0, 0.1) is 5.92 Å². The zero-order chi connectivity index (χ0) is 14.8. The normalized spacial score (nSPS) is 33.7. The van der Waals surface area contributed by atoms with Crippen LogP contribution in [-0.4, -0.2) is 48.8 Å². The van der Waals surface area contributed by atoms with Crippen molar-refractivity contribution in [2.75, 3.05) is 14.2 Å². The smallest absolute Gasteiger partial charge is 0.212 e. The van der Waals surface area contributed by atoms with Crippen LogP contribution in [0.1, 0.15) is 33.1 Å². The second-order valence-corrected chi connectivity index (χ2v) is 5.75. The van der Waals surface area contributed by atoms with E-state index in [0.717, 1.165) is 12.8 Å². The van der Waals surface area contributed by atoms with Gasteiger partial charge in [-0.1, -0.05) is 26.0 Å². The fourth-order valence-corrected chi connectivity index (χ4v) is 2.86. The molecule has 0 bridgehead atoms. The molecular formula is C15H24N2O3. The van der Waals surface area contributed by atoms with E-state index < -0.39 is 11.6 Å². The number of hydrogen-bond acceptors (Lipinski definition) is 5. The number of aliphatic hydroxyl groups excluding tert-OH is 1. The van der Waals surface area contributed by atoms with Crippen LogP contribution in [0.4, 0.5) is 0 Å². The standard InChI is InChI=1S/C15H24N2O3/c1-10(2)12-13(19-3)17-15(14(16-12)20-4)8-6-5-7-11(18)9-15/h5,7,10-12,18H,6,8-9H2,1-4H3/t11-,12-,15+/m1/s1. The zero-order valence-corrected chi connectivity index (χ0v) is 12.7. The van der Waals surface area contributed by atoms with E-state index in [9.17, 15) is 5.11 Å². The quantitative estimate of drug-likeness (QED) is 0.747. The number of ether oxygens (including phenoxy) is 2. The van der Waals surface area contributed by atoms with Crippen LogP contribution in [0.3, 0.4) is 0 Å². The van der Waals surface area contributed by atoms with Crippen LogP contribution < -0.4 is 0 Å². The van der Waals surface area contributed by atoms with Crippen molar-refractivity contribution in [1.29, 1.82) is 0 Å². The summed E-state index contributed by atoms with van der Waals surface area (Å²) in [6.07, 6.45) is 5.36. The van der Waals surface area contributed by atoms with Gasteiger partial charge in [0.25, 0.3) is 0 Å². The molecule has 20 heavy (non-hydrogen) atoms. The van der Waals surface area contributed by atoms with Gasteiger partial charge >= 0.3 is 0 Å². The number of hydrogen-bond donors (Lipinski definition) is 1. The second kappa shape index (κ2) is 5.95. The summed E-state index contributed by atoms with van der Waals surface area (Å²) in [5.41, 5.74) is -0.603. The van der Waals surface area contributed by atoms with Gasteiger partial charge in [0, 0.05) is 6.42 Å². The number of methoxy groups -OCH3 is 2. The highest BCUT2D eigenvalue weighted by Gasteiger charge is 2.44. The average Bonchev–Trinajstić information content (AvgIpc) is 2.60. The third kappa shape index (κ3) is 2.73. The van der Waals surface area contributed by atoms with Crippen molar-refractivity contribution in [3.05, 3.63) is 12.2 Å². The Kier molecular flexibility index (Phi) is 4.48. The van der Waals surface area contributed by atoms with Gasteiger partial charge < -0.3 is 14.6 Å². The Labute approximate surface area is 120 Å². The number of rotatable bonds is 1. The fraction of sp³-hybridized carbons (Fsp3) is 0.733. The minimum atomic E-state index is -0.603.